The third-order valence-corrected chi connectivity index (χ3v) is 5.76. The van der Waals surface area contributed by atoms with Crippen LogP contribution >= 0.6 is 0 Å². The lowest BCUT2D eigenvalue weighted by atomic mass is 9.71. The van der Waals surface area contributed by atoms with Gasteiger partial charge < -0.3 is 4.74 Å². The number of allylic oxidation sites excluding steroid dienone is 2. The Morgan fingerprint density at radius 2 is 1.94 bits per heavy atom. The Balaban J connectivity index is 1.64. The Hall–Kier alpha value is -0.720. The van der Waals surface area contributed by atoms with Gasteiger partial charge in [0.1, 0.15) is 6.10 Å². The predicted molar refractivity (Wildman–Crippen MR) is 68.4 cm³/mol. The molecular formula is C16H22O. The van der Waals surface area contributed by atoms with E-state index in [4.69, 9.17) is 4.74 Å². The van der Waals surface area contributed by atoms with Gasteiger partial charge in [-0.05, 0) is 61.0 Å². The minimum Gasteiger partial charge on any atom is -0.494 e. The quantitative estimate of drug-likeness (QED) is 0.609. The van der Waals surface area contributed by atoms with Crippen molar-refractivity contribution in [3.05, 3.63) is 24.0 Å². The zero-order chi connectivity index (χ0) is 11.2. The van der Waals surface area contributed by atoms with Crippen molar-refractivity contribution in [1.82, 2.24) is 0 Å². The highest BCUT2D eigenvalue weighted by Gasteiger charge is 2.48. The number of rotatable bonds is 0. The van der Waals surface area contributed by atoms with E-state index in [1.807, 2.05) is 6.26 Å². The van der Waals surface area contributed by atoms with E-state index in [9.17, 15) is 0 Å². The molecule has 5 atom stereocenters. The molecule has 1 heterocycles. The summed E-state index contributed by atoms with van der Waals surface area (Å²) in [7, 11) is 0. The van der Waals surface area contributed by atoms with Crippen molar-refractivity contribution >= 4 is 0 Å². The minimum atomic E-state index is 0.432. The van der Waals surface area contributed by atoms with Crippen LogP contribution in [0.2, 0.25) is 0 Å². The highest BCUT2D eigenvalue weighted by atomic mass is 16.5. The van der Waals surface area contributed by atoms with Gasteiger partial charge in [0.2, 0.25) is 0 Å². The van der Waals surface area contributed by atoms with E-state index < -0.39 is 0 Å². The van der Waals surface area contributed by atoms with Crippen molar-refractivity contribution in [3.8, 4) is 0 Å². The van der Waals surface area contributed by atoms with E-state index in [0.29, 0.717) is 6.10 Å². The van der Waals surface area contributed by atoms with Gasteiger partial charge in [-0.3, -0.25) is 0 Å². The second-order valence-electron chi connectivity index (χ2n) is 6.41. The number of hydrogen-bond donors (Lipinski definition) is 0. The Morgan fingerprint density at radius 3 is 2.94 bits per heavy atom. The molecule has 0 N–H and O–H groups in total. The van der Waals surface area contributed by atoms with Crippen molar-refractivity contribution < 1.29 is 4.74 Å². The largest absolute Gasteiger partial charge is 0.494 e. The first-order chi connectivity index (χ1) is 8.43. The number of ether oxygens (including phenoxy) is 1. The molecule has 1 aliphatic heterocycles. The lowest BCUT2D eigenvalue weighted by Crippen LogP contribution is -2.32. The maximum atomic E-state index is 5.79. The molecule has 0 amide bonds. The molecule has 3 aliphatic carbocycles. The van der Waals surface area contributed by atoms with E-state index in [-0.39, 0.29) is 0 Å². The molecule has 0 aromatic heterocycles. The molecule has 92 valence electrons. The van der Waals surface area contributed by atoms with Crippen molar-refractivity contribution in [2.24, 2.45) is 23.7 Å². The van der Waals surface area contributed by atoms with Crippen LogP contribution in [0.3, 0.4) is 0 Å². The molecule has 1 heteroatoms. The van der Waals surface area contributed by atoms with Crippen LogP contribution in [0.25, 0.3) is 0 Å². The molecule has 4 aliphatic rings. The Morgan fingerprint density at radius 1 is 1.00 bits per heavy atom. The zero-order valence-corrected chi connectivity index (χ0v) is 10.5. The van der Waals surface area contributed by atoms with Crippen LogP contribution in [0.4, 0.5) is 0 Å². The maximum absolute atomic E-state index is 5.79. The highest BCUT2D eigenvalue weighted by Crippen LogP contribution is 2.56. The highest BCUT2D eigenvalue weighted by molar-refractivity contribution is 5.26. The van der Waals surface area contributed by atoms with Crippen LogP contribution in [-0.2, 0) is 4.74 Å². The number of hydrogen-bond acceptors (Lipinski definition) is 1. The van der Waals surface area contributed by atoms with Crippen molar-refractivity contribution in [3.63, 3.8) is 0 Å². The van der Waals surface area contributed by atoms with E-state index >= 15 is 0 Å². The lowest BCUT2D eigenvalue weighted by molar-refractivity contribution is 0.0990. The van der Waals surface area contributed by atoms with Crippen LogP contribution in [0.5, 0.6) is 0 Å². The van der Waals surface area contributed by atoms with Gasteiger partial charge in [0.15, 0.2) is 0 Å². The molecule has 17 heavy (non-hydrogen) atoms. The van der Waals surface area contributed by atoms with Gasteiger partial charge in [0.05, 0.1) is 6.26 Å². The minimum absolute atomic E-state index is 0.432. The first kappa shape index (κ1) is 10.2. The topological polar surface area (TPSA) is 9.23 Å². The second kappa shape index (κ2) is 3.90. The van der Waals surface area contributed by atoms with Crippen molar-refractivity contribution in [2.75, 3.05) is 0 Å². The van der Waals surface area contributed by atoms with Crippen LogP contribution in [-0.4, -0.2) is 6.10 Å². The molecule has 0 saturated heterocycles. The van der Waals surface area contributed by atoms with Crippen LogP contribution in [0, 0.1) is 23.7 Å². The summed E-state index contributed by atoms with van der Waals surface area (Å²) in [5.74, 6) is 3.97. The van der Waals surface area contributed by atoms with Gasteiger partial charge in [-0.1, -0.05) is 25.3 Å². The fourth-order valence-electron chi connectivity index (χ4n) is 5.11. The Kier molecular flexibility index (Phi) is 2.34. The molecule has 0 aromatic carbocycles. The fraction of sp³-hybridized carbons (Fsp3) is 0.750. The van der Waals surface area contributed by atoms with E-state index in [1.54, 1.807) is 5.57 Å². The summed E-state index contributed by atoms with van der Waals surface area (Å²) < 4.78 is 5.79. The van der Waals surface area contributed by atoms with Crippen LogP contribution < -0.4 is 0 Å². The third-order valence-electron chi connectivity index (χ3n) is 5.76. The third kappa shape index (κ3) is 1.51. The summed E-state index contributed by atoms with van der Waals surface area (Å²) in [5, 5.41) is 0. The molecular weight excluding hydrogens is 208 g/mol. The first-order valence-corrected chi connectivity index (χ1v) is 7.45. The Labute approximate surface area is 104 Å². The molecule has 1 nitrogen and oxygen atoms in total. The summed E-state index contributed by atoms with van der Waals surface area (Å²) in [6, 6.07) is 0. The monoisotopic (exact) mass is 230 g/mol. The average molecular weight is 230 g/mol. The zero-order valence-electron chi connectivity index (χ0n) is 10.5. The van der Waals surface area contributed by atoms with Crippen molar-refractivity contribution in [1.29, 1.82) is 0 Å². The Bertz CT molecular complexity index is 368. The molecule has 3 saturated carbocycles. The molecule has 0 radical (unpaired) electrons. The molecule has 5 unspecified atom stereocenters. The summed E-state index contributed by atoms with van der Waals surface area (Å²) in [6.45, 7) is 0. The van der Waals surface area contributed by atoms with Gasteiger partial charge >= 0.3 is 0 Å². The average Bonchev–Trinajstić information content (AvgIpc) is 2.78. The second-order valence-corrected chi connectivity index (χ2v) is 6.41. The fourth-order valence-corrected chi connectivity index (χ4v) is 5.11. The smallest absolute Gasteiger partial charge is 0.119 e. The standard InChI is InChI=1S/C16H22O/c1-2-5-12-11(4-1)10-15-13(12)7-8-16-14(15)6-3-9-17-16/h3,6,9,11-13,15-16H,1-2,4-5,7-8,10H2. The van der Waals surface area contributed by atoms with E-state index in [2.05, 4.69) is 12.2 Å². The maximum Gasteiger partial charge on any atom is 0.119 e. The molecule has 0 spiro atoms. The normalized spacial score (nSPS) is 47.5. The van der Waals surface area contributed by atoms with E-state index in [1.165, 1.54) is 44.9 Å². The van der Waals surface area contributed by atoms with Gasteiger partial charge in [0.25, 0.3) is 0 Å². The molecule has 3 fully saturated rings. The molecule has 0 bridgehead atoms. The summed E-state index contributed by atoms with van der Waals surface area (Å²) >= 11 is 0. The summed E-state index contributed by atoms with van der Waals surface area (Å²) in [4.78, 5) is 0. The predicted octanol–water partition coefficient (Wildman–Crippen LogP) is 4.06. The SMILES string of the molecule is C1=COC2CCC3C(CC4CCCCC43)C2=C1. The van der Waals surface area contributed by atoms with Gasteiger partial charge in [-0.2, -0.15) is 0 Å². The summed E-state index contributed by atoms with van der Waals surface area (Å²) in [6.07, 6.45) is 16.9. The molecule has 4 rings (SSSR count). The first-order valence-electron chi connectivity index (χ1n) is 7.45. The van der Waals surface area contributed by atoms with Gasteiger partial charge in [-0.25, -0.2) is 0 Å². The van der Waals surface area contributed by atoms with Crippen LogP contribution in [0.15, 0.2) is 24.0 Å². The lowest BCUT2D eigenvalue weighted by Gasteiger charge is -2.38. The summed E-state index contributed by atoms with van der Waals surface area (Å²) in [5.41, 5.74) is 1.64. The van der Waals surface area contributed by atoms with E-state index in [0.717, 1.165) is 23.7 Å². The molecule has 0 aromatic rings. The van der Waals surface area contributed by atoms with Gasteiger partial charge in [0, 0.05) is 0 Å². The van der Waals surface area contributed by atoms with Crippen molar-refractivity contribution in [2.45, 2.75) is 51.0 Å². The van der Waals surface area contributed by atoms with Crippen LogP contribution in [0.1, 0.15) is 44.9 Å². The van der Waals surface area contributed by atoms with Gasteiger partial charge in [-0.15, -0.1) is 0 Å². The number of fused-ring (bicyclic) bond motifs is 5.